The van der Waals surface area contributed by atoms with Crippen LogP contribution in [0, 0.1) is 5.82 Å². The van der Waals surface area contributed by atoms with Crippen LogP contribution in [0.1, 0.15) is 28.8 Å². The number of nitrogens with zero attached hydrogens (tertiary/aromatic N) is 1. The Bertz CT molecular complexity index is 876. The maximum atomic E-state index is 13.0. The second kappa shape index (κ2) is 7.40. The third kappa shape index (κ3) is 3.59. The number of aliphatic imine (C=N–C) groups is 1. The highest BCUT2D eigenvalue weighted by molar-refractivity contribution is 5.82. The second-order valence-electron chi connectivity index (χ2n) is 6.35. The monoisotopic (exact) mass is 345 g/mol. The maximum absolute atomic E-state index is 13.0. The fourth-order valence-electron chi connectivity index (χ4n) is 3.21. The van der Waals surface area contributed by atoms with Crippen LogP contribution in [0.3, 0.4) is 0 Å². The molecule has 1 aliphatic heterocycles. The largest absolute Gasteiger partial charge is 0.352 e. The third-order valence-corrected chi connectivity index (χ3v) is 4.55. The van der Waals surface area contributed by atoms with Crippen molar-refractivity contribution in [2.75, 3.05) is 0 Å². The average Bonchev–Trinajstić information content (AvgIpc) is 3.13. The third-order valence-electron chi connectivity index (χ3n) is 4.55. The van der Waals surface area contributed by atoms with Gasteiger partial charge >= 0.3 is 0 Å². The van der Waals surface area contributed by atoms with E-state index in [2.05, 4.69) is 34.9 Å². The van der Waals surface area contributed by atoms with Crippen LogP contribution in [0.4, 0.5) is 4.39 Å². The van der Waals surface area contributed by atoms with Crippen molar-refractivity contribution in [2.45, 2.75) is 18.6 Å². The summed E-state index contributed by atoms with van der Waals surface area (Å²) >= 11 is 0. The van der Waals surface area contributed by atoms with Gasteiger partial charge in [0.25, 0.3) is 0 Å². The van der Waals surface area contributed by atoms with Crippen LogP contribution in [0.2, 0.25) is 0 Å². The van der Waals surface area contributed by atoms with Crippen LogP contribution in [-0.4, -0.2) is 5.96 Å². The first-order valence-corrected chi connectivity index (χ1v) is 8.72. The minimum Gasteiger partial charge on any atom is -0.352 e. The number of guanidine groups is 1. The van der Waals surface area contributed by atoms with E-state index in [0.29, 0.717) is 6.54 Å². The Balaban J connectivity index is 1.55. The molecule has 0 radical (unpaired) electrons. The number of benzene rings is 3. The molecule has 26 heavy (non-hydrogen) atoms. The summed E-state index contributed by atoms with van der Waals surface area (Å²) in [7, 11) is 0. The zero-order valence-corrected chi connectivity index (χ0v) is 14.3. The number of rotatable bonds is 4. The van der Waals surface area contributed by atoms with Gasteiger partial charge in [0.15, 0.2) is 5.96 Å². The zero-order chi connectivity index (χ0) is 17.8. The Morgan fingerprint density at radius 1 is 0.808 bits per heavy atom. The fraction of sp³-hybridized carbons (Fsp3) is 0.136. The lowest BCUT2D eigenvalue weighted by Crippen LogP contribution is -2.35. The minimum absolute atomic E-state index is 0.00863. The van der Waals surface area contributed by atoms with E-state index in [9.17, 15) is 4.39 Å². The lowest BCUT2D eigenvalue weighted by Gasteiger charge is -2.19. The maximum Gasteiger partial charge on any atom is 0.192 e. The molecule has 2 N–H and O–H groups in total. The molecule has 3 nitrogen and oxygen atoms in total. The van der Waals surface area contributed by atoms with E-state index in [4.69, 9.17) is 4.99 Å². The van der Waals surface area contributed by atoms with Crippen molar-refractivity contribution in [3.8, 4) is 0 Å². The van der Waals surface area contributed by atoms with Gasteiger partial charge in [0.2, 0.25) is 0 Å². The van der Waals surface area contributed by atoms with Gasteiger partial charge in [0.1, 0.15) is 11.9 Å². The Morgan fingerprint density at radius 2 is 1.42 bits per heavy atom. The van der Waals surface area contributed by atoms with E-state index in [1.165, 1.54) is 23.3 Å². The predicted octanol–water partition coefficient (Wildman–Crippen LogP) is 4.36. The van der Waals surface area contributed by atoms with Crippen LogP contribution in [0.15, 0.2) is 89.9 Å². The summed E-state index contributed by atoms with van der Waals surface area (Å²) in [6.07, 6.45) is 0. The Labute approximate surface area is 152 Å². The first kappa shape index (κ1) is 16.3. The van der Waals surface area contributed by atoms with Gasteiger partial charge in [0.05, 0.1) is 6.04 Å². The van der Waals surface area contributed by atoms with Crippen molar-refractivity contribution in [3.05, 3.63) is 107 Å². The van der Waals surface area contributed by atoms with Crippen molar-refractivity contribution in [1.29, 1.82) is 0 Å². The van der Waals surface area contributed by atoms with E-state index >= 15 is 0 Å². The van der Waals surface area contributed by atoms with Crippen molar-refractivity contribution in [3.63, 3.8) is 0 Å². The quantitative estimate of drug-likeness (QED) is 0.737. The molecule has 2 atom stereocenters. The SMILES string of the molecule is Fc1ccc(CNC2=N[C@@H](c3ccccc3)[C@H](c3ccccc3)N2)cc1. The van der Waals surface area contributed by atoms with Gasteiger partial charge in [-0.2, -0.15) is 0 Å². The van der Waals surface area contributed by atoms with Crippen LogP contribution >= 0.6 is 0 Å². The molecule has 0 spiro atoms. The fourth-order valence-corrected chi connectivity index (χ4v) is 3.21. The normalized spacial score (nSPS) is 18.9. The van der Waals surface area contributed by atoms with Gasteiger partial charge in [-0.25, -0.2) is 9.38 Å². The van der Waals surface area contributed by atoms with E-state index < -0.39 is 0 Å². The van der Waals surface area contributed by atoms with E-state index in [0.717, 1.165) is 11.5 Å². The van der Waals surface area contributed by atoms with E-state index in [1.54, 1.807) is 12.1 Å². The highest BCUT2D eigenvalue weighted by Gasteiger charge is 2.30. The lowest BCUT2D eigenvalue weighted by atomic mass is 9.95. The molecular weight excluding hydrogens is 325 g/mol. The Hall–Kier alpha value is -3.14. The topological polar surface area (TPSA) is 36.4 Å². The van der Waals surface area contributed by atoms with Crippen molar-refractivity contribution < 1.29 is 4.39 Å². The molecule has 0 saturated carbocycles. The standard InChI is InChI=1S/C22H20FN3/c23-19-13-11-16(12-14-19)15-24-22-25-20(17-7-3-1-4-8-17)21(26-22)18-9-5-2-6-10-18/h1-14,20-21H,15H2,(H2,24,25,26)/t20-,21-/m0/s1. The molecule has 130 valence electrons. The summed E-state index contributed by atoms with van der Waals surface area (Å²) in [5.74, 6) is 0.537. The number of halogens is 1. The highest BCUT2D eigenvalue weighted by Crippen LogP contribution is 2.35. The first-order chi connectivity index (χ1) is 12.8. The summed E-state index contributed by atoms with van der Waals surface area (Å²) in [5, 5.41) is 6.84. The molecule has 1 aliphatic rings. The summed E-state index contributed by atoms with van der Waals surface area (Å²) in [6.45, 7) is 0.592. The summed E-state index contributed by atoms with van der Waals surface area (Å²) in [4.78, 5) is 4.87. The van der Waals surface area contributed by atoms with E-state index in [-0.39, 0.29) is 17.9 Å². The Kier molecular flexibility index (Phi) is 4.65. The molecule has 0 aliphatic carbocycles. The number of nitrogens with one attached hydrogen (secondary N) is 2. The van der Waals surface area contributed by atoms with Crippen molar-refractivity contribution in [1.82, 2.24) is 10.6 Å². The molecular formula is C22H20FN3. The van der Waals surface area contributed by atoms with E-state index in [1.807, 2.05) is 36.4 Å². The van der Waals surface area contributed by atoms with Crippen LogP contribution in [0.5, 0.6) is 0 Å². The molecule has 0 fully saturated rings. The zero-order valence-electron chi connectivity index (χ0n) is 14.3. The number of hydrogen-bond donors (Lipinski definition) is 2. The minimum atomic E-state index is -0.224. The van der Waals surface area contributed by atoms with Gasteiger partial charge in [0, 0.05) is 6.54 Å². The molecule has 4 rings (SSSR count). The number of hydrogen-bond acceptors (Lipinski definition) is 3. The highest BCUT2D eigenvalue weighted by atomic mass is 19.1. The van der Waals surface area contributed by atoms with Crippen LogP contribution < -0.4 is 10.6 Å². The predicted molar refractivity (Wildman–Crippen MR) is 102 cm³/mol. The summed E-state index contributed by atoms with van der Waals surface area (Å²) in [6, 6.07) is 27.2. The second-order valence-corrected chi connectivity index (χ2v) is 6.35. The molecule has 0 saturated heterocycles. The van der Waals surface area contributed by atoms with Crippen LogP contribution in [0.25, 0.3) is 0 Å². The molecule has 4 heteroatoms. The molecule has 3 aromatic carbocycles. The molecule has 1 heterocycles. The first-order valence-electron chi connectivity index (χ1n) is 8.72. The summed E-state index contributed by atoms with van der Waals surface area (Å²) in [5.41, 5.74) is 3.38. The molecule has 0 aromatic heterocycles. The van der Waals surface area contributed by atoms with Crippen LogP contribution in [-0.2, 0) is 6.54 Å². The van der Waals surface area contributed by atoms with Gasteiger partial charge in [-0.3, -0.25) is 0 Å². The van der Waals surface area contributed by atoms with Gasteiger partial charge < -0.3 is 10.6 Å². The van der Waals surface area contributed by atoms with Gasteiger partial charge in [-0.05, 0) is 28.8 Å². The van der Waals surface area contributed by atoms with Gasteiger partial charge in [-0.15, -0.1) is 0 Å². The lowest BCUT2D eigenvalue weighted by molar-refractivity contribution is 0.570. The molecule has 0 unspecified atom stereocenters. The van der Waals surface area contributed by atoms with Crippen molar-refractivity contribution >= 4 is 5.96 Å². The summed E-state index contributed by atoms with van der Waals surface area (Å²) < 4.78 is 13.0. The van der Waals surface area contributed by atoms with Gasteiger partial charge in [-0.1, -0.05) is 72.8 Å². The Morgan fingerprint density at radius 3 is 2.08 bits per heavy atom. The molecule has 0 bridgehead atoms. The molecule has 0 amide bonds. The molecule has 3 aromatic rings. The average molecular weight is 345 g/mol. The smallest absolute Gasteiger partial charge is 0.192 e. The van der Waals surface area contributed by atoms with Crippen molar-refractivity contribution in [2.24, 2.45) is 4.99 Å².